The molecule has 0 spiro atoms. The number of benzene rings is 9. The van der Waals surface area contributed by atoms with Crippen molar-refractivity contribution in [1.29, 1.82) is 0 Å². The molecule has 690 valence electrons. The lowest BCUT2D eigenvalue weighted by atomic mass is 10.1. The number of aromatic nitrogens is 9. The Balaban J connectivity index is 0.000000152. The highest BCUT2D eigenvalue weighted by atomic mass is 16.5. The summed E-state index contributed by atoms with van der Waals surface area (Å²) in [6.07, 6.45) is 39.5. The number of ether oxygens (including phenoxy) is 7. The molecule has 0 aliphatic carbocycles. The summed E-state index contributed by atoms with van der Waals surface area (Å²) in [4.78, 5) is 29.5. The van der Waals surface area contributed by atoms with Gasteiger partial charge < -0.3 is 83.1 Å². The molecule has 9 aromatic carbocycles. The molecule has 17 nitrogen and oxygen atoms in total. The number of nitrogens with one attached hydrogen (secondary N) is 9. The van der Waals surface area contributed by atoms with Crippen LogP contribution in [0.4, 0.5) is 0 Å². The van der Waals surface area contributed by atoms with Crippen molar-refractivity contribution in [2.75, 3.05) is 46.2 Å². The van der Waals surface area contributed by atoms with E-state index in [0.29, 0.717) is 5.75 Å². The maximum absolute atomic E-state index is 9.33. The van der Waals surface area contributed by atoms with E-state index in [4.69, 9.17) is 33.2 Å². The summed E-state index contributed by atoms with van der Waals surface area (Å²) in [5, 5.41) is 20.9. The molecule has 0 unspecified atom stereocenters. The second-order valence-electron chi connectivity index (χ2n) is 32.3. The zero-order valence-corrected chi connectivity index (χ0v) is 80.3. The molecule has 17 heteroatoms. The fraction of sp³-hybridized carbons (Fsp3) is 0.363. The van der Waals surface area contributed by atoms with Gasteiger partial charge in [0.2, 0.25) is 0 Å². The van der Waals surface area contributed by atoms with Crippen LogP contribution in [0.3, 0.4) is 0 Å². The third-order valence-electron chi connectivity index (χ3n) is 22.4. The van der Waals surface area contributed by atoms with E-state index in [1.165, 1.54) is 195 Å². The van der Waals surface area contributed by atoms with Crippen molar-refractivity contribution in [2.45, 2.75) is 226 Å². The van der Waals surface area contributed by atoms with Crippen LogP contribution in [0.25, 0.3) is 98.1 Å². The van der Waals surface area contributed by atoms with E-state index in [0.717, 1.165) is 155 Å². The van der Waals surface area contributed by atoms with Gasteiger partial charge in [0.1, 0.15) is 46.0 Å². The number of hydrogen-bond acceptors (Lipinski definition) is 8. The lowest BCUT2D eigenvalue weighted by Crippen LogP contribution is -1.90. The van der Waals surface area contributed by atoms with Gasteiger partial charge in [0.05, 0.1) is 46.2 Å². The lowest BCUT2D eigenvalue weighted by Gasteiger charge is -2.03. The summed E-state index contributed by atoms with van der Waals surface area (Å²) in [6, 6.07) is 57.4. The standard InChI is InChI=1S/7C13H17NO.C11H13NO.C11H13N/c7*1-3-5-10-9-14-13-7-6-11(15-4-2)8-12(10)13;1-2-3-8-7-12-11-5-4-9(13)6-10(8)11;1-2-5-9-8-12-11-7-4-3-6-10(9)11/h7*6-9,14H,3-5H2,1-2H3;4-7,12-13H,2-3H2,1H3;3-4,6-8,12H,2,5H2,1H3. The molecule has 0 saturated carbocycles. The highest BCUT2D eigenvalue weighted by Gasteiger charge is 2.13. The van der Waals surface area contributed by atoms with Gasteiger partial charge >= 0.3 is 0 Å². The summed E-state index contributed by atoms with van der Waals surface area (Å²) in [5.74, 6) is 7.06. The van der Waals surface area contributed by atoms with Crippen LogP contribution in [0.5, 0.6) is 46.0 Å². The molecule has 0 atom stereocenters. The average molecular weight is 1760 g/mol. The number of aryl methyl sites for hydroxylation is 9. The maximum atomic E-state index is 9.33. The quantitative estimate of drug-likeness (QED) is 0.0195. The smallest absolute Gasteiger partial charge is 0.120 e. The van der Waals surface area contributed by atoms with E-state index in [1.807, 2.05) is 109 Å². The third kappa shape index (κ3) is 28.1. The number of hydrogen-bond donors (Lipinski definition) is 10. The van der Waals surface area contributed by atoms with Crippen LogP contribution in [0.1, 0.15) is 219 Å². The van der Waals surface area contributed by atoms with E-state index >= 15 is 0 Å². The minimum atomic E-state index is 0.337. The molecule has 0 saturated heterocycles. The first-order valence-electron chi connectivity index (χ1n) is 48.1. The monoisotopic (exact) mass is 1760 g/mol. The SMILES string of the molecule is CCCc1c[nH]c2ccc(O)cc12.CCCc1c[nH]c2ccc(OCC)cc12.CCCc1c[nH]c2ccc(OCC)cc12.CCCc1c[nH]c2ccc(OCC)cc12.CCCc1c[nH]c2ccc(OCC)cc12.CCCc1c[nH]c2ccc(OCC)cc12.CCCc1c[nH]c2ccc(OCC)cc12.CCCc1c[nH]c2ccc(OCC)cc12.CCCc1c[nH]c2ccccc12. The summed E-state index contributed by atoms with van der Waals surface area (Å²) in [7, 11) is 0. The van der Waals surface area contributed by atoms with Crippen molar-refractivity contribution in [3.8, 4) is 46.0 Å². The van der Waals surface area contributed by atoms with Crippen molar-refractivity contribution in [3.05, 3.63) is 276 Å². The van der Waals surface area contributed by atoms with Gasteiger partial charge in [0.15, 0.2) is 0 Å². The normalized spacial score (nSPS) is 10.8. The highest BCUT2D eigenvalue weighted by molar-refractivity contribution is 5.90. The van der Waals surface area contributed by atoms with Crippen molar-refractivity contribution in [1.82, 2.24) is 44.9 Å². The Kier molecular flexibility index (Phi) is 40.7. The van der Waals surface area contributed by atoms with Crippen molar-refractivity contribution < 1.29 is 38.3 Å². The molecule has 10 N–H and O–H groups in total. The fourth-order valence-corrected chi connectivity index (χ4v) is 16.5. The fourth-order valence-electron chi connectivity index (χ4n) is 16.5. The number of aromatic hydroxyl groups is 1. The first kappa shape index (κ1) is 99.4. The van der Waals surface area contributed by atoms with E-state index in [9.17, 15) is 5.11 Å². The lowest BCUT2D eigenvalue weighted by molar-refractivity contribution is 0.340. The van der Waals surface area contributed by atoms with Crippen LogP contribution >= 0.6 is 0 Å². The maximum Gasteiger partial charge on any atom is 0.120 e. The van der Waals surface area contributed by atoms with Crippen molar-refractivity contribution >= 4 is 98.1 Å². The summed E-state index contributed by atoms with van der Waals surface area (Å²) < 4.78 is 38.5. The number of aromatic amines is 9. The Hall–Kier alpha value is -12.8. The second kappa shape index (κ2) is 53.3. The third-order valence-corrected chi connectivity index (χ3v) is 22.4. The molecule has 18 aromatic rings. The molecule has 18 rings (SSSR count). The van der Waals surface area contributed by atoms with Gasteiger partial charge in [-0.05, 0) is 308 Å². The molecule has 0 aliphatic rings. The first-order chi connectivity index (χ1) is 63.7. The van der Waals surface area contributed by atoms with Gasteiger partial charge in [-0.2, -0.15) is 0 Å². The number of para-hydroxylation sites is 1. The Morgan fingerprint density at radius 1 is 0.177 bits per heavy atom. The molecule has 0 fully saturated rings. The predicted octanol–water partition coefficient (Wildman–Crippen LogP) is 30.6. The van der Waals surface area contributed by atoms with E-state index in [2.05, 4.69) is 266 Å². The second-order valence-corrected chi connectivity index (χ2v) is 32.3. The highest BCUT2D eigenvalue weighted by Crippen LogP contribution is 2.33. The molecule has 0 amide bonds. The summed E-state index contributed by atoms with van der Waals surface area (Å²) in [5.41, 5.74) is 23.1. The topological polar surface area (TPSA) is 227 Å². The van der Waals surface area contributed by atoms with Gasteiger partial charge in [-0.25, -0.2) is 0 Å². The van der Waals surface area contributed by atoms with Crippen LogP contribution in [0.15, 0.2) is 226 Å². The molecule has 0 bridgehead atoms. The zero-order chi connectivity index (χ0) is 92.4. The Labute approximate surface area is 771 Å². The number of fused-ring (bicyclic) bond motifs is 9. The molecular formula is C113H145N9O8. The first-order valence-corrected chi connectivity index (χ1v) is 48.1. The summed E-state index contributed by atoms with van der Waals surface area (Å²) >= 11 is 0. The molecule has 0 aliphatic heterocycles. The zero-order valence-electron chi connectivity index (χ0n) is 80.3. The van der Waals surface area contributed by atoms with E-state index < -0.39 is 0 Å². The number of phenols is 1. The average Bonchev–Trinajstić information content (AvgIpc) is 1.67. The minimum Gasteiger partial charge on any atom is -0.508 e. The van der Waals surface area contributed by atoms with E-state index in [-0.39, 0.29) is 0 Å². The van der Waals surface area contributed by atoms with Crippen LogP contribution < -0.4 is 33.2 Å². The van der Waals surface area contributed by atoms with Gasteiger partial charge in [-0.1, -0.05) is 138 Å². The molecule has 130 heavy (non-hydrogen) atoms. The van der Waals surface area contributed by atoms with Gasteiger partial charge in [-0.3, -0.25) is 0 Å². The largest absolute Gasteiger partial charge is 0.508 e. The van der Waals surface area contributed by atoms with E-state index in [1.54, 1.807) is 6.07 Å². The Bertz CT molecular complexity index is 5470. The summed E-state index contributed by atoms with van der Waals surface area (Å²) in [6.45, 7) is 38.9. The number of rotatable bonds is 32. The van der Waals surface area contributed by atoms with Crippen LogP contribution in [0.2, 0.25) is 0 Å². The van der Waals surface area contributed by atoms with Crippen molar-refractivity contribution in [2.24, 2.45) is 0 Å². The number of phenolic OH excluding ortho intramolecular Hbond substituents is 1. The van der Waals surface area contributed by atoms with Gasteiger partial charge in [-0.15, -0.1) is 0 Å². The Morgan fingerprint density at radius 2 is 0.331 bits per heavy atom. The predicted molar refractivity (Wildman–Crippen MR) is 550 cm³/mol. The van der Waals surface area contributed by atoms with Gasteiger partial charge in [0, 0.05) is 154 Å². The molecule has 9 heterocycles. The minimum absolute atomic E-state index is 0.337. The molecule has 0 radical (unpaired) electrons. The van der Waals surface area contributed by atoms with Crippen molar-refractivity contribution in [3.63, 3.8) is 0 Å². The van der Waals surface area contributed by atoms with Crippen LogP contribution in [0, 0.1) is 0 Å². The van der Waals surface area contributed by atoms with Crippen LogP contribution in [-0.4, -0.2) is 96.2 Å². The number of H-pyrrole nitrogens is 9. The molecule has 9 aromatic heterocycles. The Morgan fingerprint density at radius 3 is 0.508 bits per heavy atom. The van der Waals surface area contributed by atoms with Gasteiger partial charge in [0.25, 0.3) is 0 Å². The van der Waals surface area contributed by atoms with Crippen LogP contribution in [-0.2, 0) is 57.8 Å². The molecular weight excluding hydrogens is 1610 g/mol.